The van der Waals surface area contributed by atoms with E-state index in [2.05, 4.69) is 4.98 Å². The van der Waals surface area contributed by atoms with Gasteiger partial charge in [0.1, 0.15) is 15.9 Å². The maximum atomic E-state index is 10.6. The third-order valence-electron chi connectivity index (χ3n) is 1.21. The zero-order chi connectivity index (χ0) is 10.2. The van der Waals surface area contributed by atoms with Gasteiger partial charge >= 0.3 is 5.97 Å². The lowest BCUT2D eigenvalue weighted by Crippen LogP contribution is -2.01. The first kappa shape index (κ1) is 10.9. The van der Waals surface area contributed by atoms with Crippen LogP contribution in [0.1, 0.15) is 10.4 Å². The molecule has 1 aromatic rings. The van der Waals surface area contributed by atoms with Crippen molar-refractivity contribution in [2.45, 2.75) is 0 Å². The fourth-order valence-electron chi connectivity index (χ4n) is 0.675. The summed E-state index contributed by atoms with van der Waals surface area (Å²) < 4.78 is 0. The summed E-state index contributed by atoms with van der Waals surface area (Å²) in [5.74, 6) is -1.30. The van der Waals surface area contributed by atoms with E-state index in [1.54, 1.807) is 0 Å². The van der Waals surface area contributed by atoms with E-state index in [9.17, 15) is 4.79 Å². The van der Waals surface area contributed by atoms with Crippen molar-refractivity contribution in [3.63, 3.8) is 0 Å². The number of rotatable bonds is 1. The van der Waals surface area contributed by atoms with Crippen molar-refractivity contribution >= 4 is 52.4 Å². The van der Waals surface area contributed by atoms with Crippen molar-refractivity contribution in [1.29, 1.82) is 0 Å². The van der Waals surface area contributed by atoms with Gasteiger partial charge < -0.3 is 5.11 Å². The number of hydrogen-bond acceptors (Lipinski definition) is 2. The fraction of sp³-hybridized carbons (Fsp3) is 0. The Balaban J connectivity index is 3.56. The zero-order valence-electron chi connectivity index (χ0n) is 5.81. The summed E-state index contributed by atoms with van der Waals surface area (Å²) in [5, 5.41) is 7.87. The number of carbonyl (C=O) groups is 1. The molecule has 0 radical (unpaired) electrons. The third kappa shape index (κ3) is 1.99. The Morgan fingerprint density at radius 1 is 1.08 bits per heavy atom. The molecule has 0 bridgehead atoms. The molecule has 0 aromatic carbocycles. The number of aromatic carboxylic acids is 1. The van der Waals surface area contributed by atoms with Crippen molar-refractivity contribution in [2.75, 3.05) is 0 Å². The van der Waals surface area contributed by atoms with Crippen LogP contribution in [0.5, 0.6) is 0 Å². The minimum absolute atomic E-state index is 0.187. The van der Waals surface area contributed by atoms with Gasteiger partial charge in [-0.05, 0) is 0 Å². The first-order chi connectivity index (χ1) is 5.95. The highest BCUT2D eigenvalue weighted by atomic mass is 35.5. The van der Waals surface area contributed by atoms with Gasteiger partial charge in [0.15, 0.2) is 0 Å². The molecule has 70 valence electrons. The van der Waals surface area contributed by atoms with Crippen LogP contribution in [0, 0.1) is 0 Å². The highest BCUT2D eigenvalue weighted by Gasteiger charge is 2.20. The minimum Gasteiger partial charge on any atom is -0.478 e. The van der Waals surface area contributed by atoms with Crippen LogP contribution in [0.25, 0.3) is 0 Å². The van der Waals surface area contributed by atoms with E-state index in [-0.39, 0.29) is 25.9 Å². The molecule has 0 amide bonds. The molecule has 0 fully saturated rings. The standard InChI is InChI=1S/C6HCl4NO2/c7-2-1(6(12)13)3(8)5(10)11-4(2)9/h(H,12,13). The highest BCUT2D eigenvalue weighted by molar-refractivity contribution is 6.48. The Morgan fingerprint density at radius 2 is 1.46 bits per heavy atom. The summed E-state index contributed by atoms with van der Waals surface area (Å²) in [6, 6.07) is 0. The molecule has 0 atom stereocenters. The van der Waals surface area contributed by atoms with E-state index in [1.165, 1.54) is 0 Å². The number of hydrogen-bond donors (Lipinski definition) is 1. The van der Waals surface area contributed by atoms with E-state index in [4.69, 9.17) is 51.5 Å². The molecular weight excluding hydrogens is 260 g/mol. The summed E-state index contributed by atoms with van der Waals surface area (Å²) >= 11 is 22.1. The summed E-state index contributed by atoms with van der Waals surface area (Å²) in [6.07, 6.45) is 0. The van der Waals surface area contributed by atoms with Crippen molar-refractivity contribution in [3.05, 3.63) is 25.9 Å². The van der Waals surface area contributed by atoms with Crippen LogP contribution in [0.4, 0.5) is 0 Å². The van der Waals surface area contributed by atoms with Gasteiger partial charge in [-0.15, -0.1) is 0 Å². The molecule has 0 aliphatic carbocycles. The van der Waals surface area contributed by atoms with E-state index >= 15 is 0 Å². The van der Waals surface area contributed by atoms with Crippen molar-refractivity contribution < 1.29 is 9.90 Å². The van der Waals surface area contributed by atoms with Crippen LogP contribution in [-0.4, -0.2) is 16.1 Å². The Morgan fingerprint density at radius 3 is 1.77 bits per heavy atom. The molecule has 13 heavy (non-hydrogen) atoms. The van der Waals surface area contributed by atoms with Crippen molar-refractivity contribution in [2.24, 2.45) is 0 Å². The Hall–Kier alpha value is -0.220. The lowest BCUT2D eigenvalue weighted by atomic mass is 10.3. The predicted octanol–water partition coefficient (Wildman–Crippen LogP) is 3.39. The van der Waals surface area contributed by atoms with Gasteiger partial charge in [-0.2, -0.15) is 0 Å². The Kier molecular flexibility index (Phi) is 3.24. The van der Waals surface area contributed by atoms with E-state index in [1.807, 2.05) is 0 Å². The van der Waals surface area contributed by atoms with Crippen LogP contribution in [0.3, 0.4) is 0 Å². The minimum atomic E-state index is -1.30. The number of carboxylic acids is 1. The SMILES string of the molecule is O=C(O)c1c(Cl)c(Cl)nc(Cl)c1Cl. The molecule has 0 aliphatic heterocycles. The Bertz CT molecular complexity index is 353. The molecule has 0 spiro atoms. The topological polar surface area (TPSA) is 50.2 Å². The second-order valence-corrected chi connectivity index (χ2v) is 3.47. The van der Waals surface area contributed by atoms with Gasteiger partial charge in [-0.25, -0.2) is 9.78 Å². The number of pyridine rings is 1. The van der Waals surface area contributed by atoms with Crippen LogP contribution in [0.2, 0.25) is 20.4 Å². The van der Waals surface area contributed by atoms with Crippen LogP contribution >= 0.6 is 46.4 Å². The van der Waals surface area contributed by atoms with Crippen LogP contribution in [0.15, 0.2) is 0 Å². The van der Waals surface area contributed by atoms with Gasteiger partial charge in [0.2, 0.25) is 0 Å². The van der Waals surface area contributed by atoms with Gasteiger partial charge in [-0.1, -0.05) is 46.4 Å². The normalized spacial score (nSPS) is 10.2. The van der Waals surface area contributed by atoms with E-state index in [0.717, 1.165) is 0 Å². The lowest BCUT2D eigenvalue weighted by molar-refractivity contribution is 0.0697. The second-order valence-electron chi connectivity index (χ2n) is 2.00. The number of nitrogens with zero attached hydrogens (tertiary/aromatic N) is 1. The van der Waals surface area contributed by atoms with Crippen LogP contribution < -0.4 is 0 Å². The maximum absolute atomic E-state index is 10.6. The average molecular weight is 261 g/mol. The van der Waals surface area contributed by atoms with E-state index < -0.39 is 5.97 Å². The Labute approximate surface area is 93.2 Å². The van der Waals surface area contributed by atoms with E-state index in [0.29, 0.717) is 0 Å². The summed E-state index contributed by atoms with van der Waals surface area (Å²) in [5.41, 5.74) is -0.340. The molecule has 3 nitrogen and oxygen atoms in total. The molecule has 0 saturated heterocycles. The first-order valence-electron chi connectivity index (χ1n) is 2.88. The third-order valence-corrected chi connectivity index (χ3v) is 2.69. The predicted molar refractivity (Wildman–Crippen MR) is 51.2 cm³/mol. The average Bonchev–Trinajstić information content (AvgIpc) is 2.01. The highest BCUT2D eigenvalue weighted by Crippen LogP contribution is 2.34. The number of halogens is 4. The molecule has 0 aliphatic rings. The zero-order valence-corrected chi connectivity index (χ0v) is 8.84. The number of aromatic nitrogens is 1. The fourth-order valence-corrected chi connectivity index (χ4v) is 1.56. The second kappa shape index (κ2) is 3.88. The largest absolute Gasteiger partial charge is 0.478 e. The first-order valence-corrected chi connectivity index (χ1v) is 4.39. The summed E-state index contributed by atoms with van der Waals surface area (Å²) in [4.78, 5) is 14.2. The molecule has 1 N–H and O–H groups in total. The van der Waals surface area contributed by atoms with Crippen LogP contribution in [-0.2, 0) is 0 Å². The molecule has 0 unspecified atom stereocenters. The van der Waals surface area contributed by atoms with Crippen molar-refractivity contribution in [3.8, 4) is 0 Å². The smallest absolute Gasteiger partial charge is 0.338 e. The monoisotopic (exact) mass is 259 g/mol. The summed E-state index contributed by atoms with van der Waals surface area (Å²) in [6.45, 7) is 0. The molecule has 7 heteroatoms. The maximum Gasteiger partial charge on any atom is 0.338 e. The van der Waals surface area contributed by atoms with Gasteiger partial charge in [0.05, 0.1) is 10.0 Å². The molecule has 1 aromatic heterocycles. The molecule has 1 heterocycles. The molecular formula is C6HCl4NO2. The van der Waals surface area contributed by atoms with Gasteiger partial charge in [0.25, 0.3) is 0 Å². The number of carboxylic acid groups (broad SMARTS) is 1. The van der Waals surface area contributed by atoms with Gasteiger partial charge in [0, 0.05) is 0 Å². The van der Waals surface area contributed by atoms with Gasteiger partial charge in [-0.3, -0.25) is 0 Å². The molecule has 1 rings (SSSR count). The van der Waals surface area contributed by atoms with Crippen molar-refractivity contribution in [1.82, 2.24) is 4.98 Å². The molecule has 0 saturated carbocycles. The summed E-state index contributed by atoms with van der Waals surface area (Å²) in [7, 11) is 0. The lowest BCUT2D eigenvalue weighted by Gasteiger charge is -2.04. The quantitative estimate of drug-likeness (QED) is 0.788.